The lowest BCUT2D eigenvalue weighted by Crippen LogP contribution is -2.65. The summed E-state index contributed by atoms with van der Waals surface area (Å²) >= 11 is 3.20. The molecular weight excluding hydrogens is 440 g/mol. The van der Waals surface area contributed by atoms with Crippen molar-refractivity contribution in [3.05, 3.63) is 53.5 Å². The molecule has 3 aromatic rings. The number of carbonyl (C=O) groups excluding carboxylic acids is 2. The van der Waals surface area contributed by atoms with Crippen LogP contribution in [-0.4, -0.2) is 39.4 Å². The predicted molar refractivity (Wildman–Crippen MR) is 129 cm³/mol. The lowest BCUT2D eigenvalue weighted by molar-refractivity contribution is -0.127. The van der Waals surface area contributed by atoms with Gasteiger partial charge in [-0.15, -0.1) is 23.1 Å². The molecule has 1 aromatic carbocycles. The minimum atomic E-state index is -1.08. The van der Waals surface area contributed by atoms with Crippen LogP contribution in [0.25, 0.3) is 10.6 Å². The molecule has 32 heavy (non-hydrogen) atoms. The number of thioether (sulfide) groups is 1. The highest BCUT2D eigenvalue weighted by Gasteiger charge is 2.49. The van der Waals surface area contributed by atoms with Crippen LogP contribution in [-0.2, 0) is 11.3 Å². The number of carbonyl (C=O) groups is 2. The van der Waals surface area contributed by atoms with Gasteiger partial charge in [0, 0.05) is 16.6 Å². The third-order valence-corrected chi connectivity index (χ3v) is 8.04. The Morgan fingerprint density at radius 3 is 2.75 bits per heavy atom. The van der Waals surface area contributed by atoms with Crippen molar-refractivity contribution in [3.63, 3.8) is 0 Å². The second-order valence-electron chi connectivity index (χ2n) is 8.62. The number of rotatable bonds is 5. The molecule has 1 saturated carbocycles. The summed E-state index contributed by atoms with van der Waals surface area (Å²) in [5.41, 5.74) is 0.925. The van der Waals surface area contributed by atoms with Gasteiger partial charge in [0.15, 0.2) is 0 Å². The number of amides is 2. The Morgan fingerprint density at radius 2 is 2.03 bits per heavy atom. The summed E-state index contributed by atoms with van der Waals surface area (Å²) in [4.78, 5) is 31.2. The van der Waals surface area contributed by atoms with Crippen LogP contribution in [0.1, 0.15) is 43.1 Å². The van der Waals surface area contributed by atoms with Crippen molar-refractivity contribution in [2.45, 2.75) is 55.6 Å². The van der Waals surface area contributed by atoms with E-state index in [0.29, 0.717) is 12.2 Å². The predicted octanol–water partition coefficient (Wildman–Crippen LogP) is 4.81. The van der Waals surface area contributed by atoms with E-state index in [1.807, 2.05) is 61.0 Å². The smallest absolute Gasteiger partial charge is 0.277 e. The minimum Gasteiger partial charge on any atom is -0.351 e. The number of aromatic nitrogens is 2. The number of hydrogen-bond donors (Lipinski definition) is 1. The zero-order valence-corrected chi connectivity index (χ0v) is 19.8. The molecular formula is C24H26N4O2S2. The lowest BCUT2D eigenvalue weighted by Gasteiger charge is -2.43. The van der Waals surface area contributed by atoms with Gasteiger partial charge in [-0.1, -0.05) is 25.0 Å². The quantitative estimate of drug-likeness (QED) is 0.548. The largest absolute Gasteiger partial charge is 0.351 e. The van der Waals surface area contributed by atoms with Gasteiger partial charge in [-0.3, -0.25) is 19.2 Å². The first-order valence-corrected chi connectivity index (χ1v) is 13.0. The fraction of sp³-hybridized carbons (Fsp3) is 0.375. The Kier molecular flexibility index (Phi) is 5.59. The number of hydrogen-bond acceptors (Lipinski definition) is 5. The average molecular weight is 467 g/mol. The van der Waals surface area contributed by atoms with Crippen molar-refractivity contribution in [1.29, 1.82) is 0 Å². The first-order chi connectivity index (χ1) is 15.5. The monoisotopic (exact) mass is 466 g/mol. The maximum atomic E-state index is 13.8. The zero-order valence-electron chi connectivity index (χ0n) is 18.2. The van der Waals surface area contributed by atoms with Gasteiger partial charge in [0.2, 0.25) is 5.91 Å². The van der Waals surface area contributed by atoms with E-state index < -0.39 is 5.54 Å². The molecule has 8 heteroatoms. The van der Waals surface area contributed by atoms with Crippen LogP contribution < -0.4 is 10.2 Å². The Labute approximate surface area is 196 Å². The van der Waals surface area contributed by atoms with Crippen molar-refractivity contribution >= 4 is 40.6 Å². The maximum Gasteiger partial charge on any atom is 0.277 e. The number of benzene rings is 1. The first-order valence-electron chi connectivity index (χ1n) is 10.9. The molecule has 1 aliphatic heterocycles. The van der Waals surface area contributed by atoms with Crippen LogP contribution >= 0.6 is 23.1 Å². The first kappa shape index (κ1) is 21.3. The number of nitrogens with one attached hydrogen (secondary N) is 1. The third kappa shape index (κ3) is 3.65. The van der Waals surface area contributed by atoms with E-state index in [-0.39, 0.29) is 17.9 Å². The highest BCUT2D eigenvalue weighted by atomic mass is 32.2. The molecule has 1 aliphatic carbocycles. The number of anilines is 1. The number of nitrogens with zero attached hydrogens (tertiary/aromatic N) is 3. The fourth-order valence-electron chi connectivity index (χ4n) is 4.69. The Hall–Kier alpha value is -2.58. The number of fused-ring (bicyclic) bond motifs is 1. The maximum absolute atomic E-state index is 13.8. The van der Waals surface area contributed by atoms with E-state index in [9.17, 15) is 9.59 Å². The Morgan fingerprint density at radius 1 is 1.22 bits per heavy atom. The van der Waals surface area contributed by atoms with Gasteiger partial charge in [0.1, 0.15) is 16.9 Å². The summed E-state index contributed by atoms with van der Waals surface area (Å²) in [5.74, 6) is -0.319. The summed E-state index contributed by atoms with van der Waals surface area (Å²) in [6.07, 6.45) is 6.26. The van der Waals surface area contributed by atoms with E-state index in [4.69, 9.17) is 5.10 Å². The Balaban J connectivity index is 1.59. The van der Waals surface area contributed by atoms with E-state index >= 15 is 0 Å². The van der Waals surface area contributed by atoms with Crippen molar-refractivity contribution in [2.24, 2.45) is 0 Å². The van der Waals surface area contributed by atoms with E-state index in [1.54, 1.807) is 32.7 Å². The van der Waals surface area contributed by atoms with E-state index in [2.05, 4.69) is 5.32 Å². The standard InChI is InChI=1S/C24H26N4O2S2/c1-24(23(30)25-16-7-3-4-8-16)15-27-20(14-19(26-27)21-11-6-12-32-21)22(29)28(24)17-9-5-10-18(13-17)31-2/h5-6,9-14,16H,3-4,7-8,15H2,1-2H3,(H,25,30)/t24-/m0/s1. The van der Waals surface area contributed by atoms with Crippen molar-refractivity contribution in [2.75, 3.05) is 11.2 Å². The molecule has 2 aromatic heterocycles. The van der Waals surface area contributed by atoms with Gasteiger partial charge in [-0.05, 0) is 61.7 Å². The molecule has 0 saturated heterocycles. The molecule has 6 nitrogen and oxygen atoms in total. The number of thiophene rings is 1. The van der Waals surface area contributed by atoms with Gasteiger partial charge in [-0.2, -0.15) is 5.10 Å². The summed E-state index contributed by atoms with van der Waals surface area (Å²) in [7, 11) is 0. The molecule has 5 rings (SSSR count). The Bertz CT molecular complexity index is 1150. The van der Waals surface area contributed by atoms with E-state index in [0.717, 1.165) is 46.8 Å². The van der Waals surface area contributed by atoms with Crippen molar-refractivity contribution in [1.82, 2.24) is 15.1 Å². The zero-order chi connectivity index (χ0) is 22.3. The molecule has 1 N–H and O–H groups in total. The van der Waals surface area contributed by atoms with Crippen LogP contribution in [0.4, 0.5) is 5.69 Å². The summed E-state index contributed by atoms with van der Waals surface area (Å²) < 4.78 is 1.71. The van der Waals surface area contributed by atoms with Gasteiger partial charge in [0.25, 0.3) is 5.91 Å². The summed E-state index contributed by atoms with van der Waals surface area (Å²) in [5, 5.41) is 9.93. The SMILES string of the molecule is CSc1cccc(N2C(=O)c3cc(-c4cccs4)nn3C[C@@]2(C)C(=O)NC2CCCC2)c1. The van der Waals surface area contributed by atoms with Crippen LogP contribution in [0.3, 0.4) is 0 Å². The van der Waals surface area contributed by atoms with Gasteiger partial charge in [0.05, 0.1) is 11.4 Å². The molecule has 2 aliphatic rings. The molecule has 1 fully saturated rings. The second-order valence-corrected chi connectivity index (χ2v) is 10.4. The molecule has 0 radical (unpaired) electrons. The normalized spacial score (nSPS) is 21.1. The van der Waals surface area contributed by atoms with Crippen molar-refractivity contribution in [3.8, 4) is 10.6 Å². The lowest BCUT2D eigenvalue weighted by atomic mass is 9.93. The van der Waals surface area contributed by atoms with Gasteiger partial charge in [-0.25, -0.2) is 0 Å². The minimum absolute atomic E-state index is 0.119. The van der Waals surface area contributed by atoms with Gasteiger partial charge < -0.3 is 5.32 Å². The fourth-order valence-corrected chi connectivity index (χ4v) is 5.83. The van der Waals surface area contributed by atoms with Crippen LogP contribution in [0.2, 0.25) is 0 Å². The third-order valence-electron chi connectivity index (χ3n) is 6.42. The highest BCUT2D eigenvalue weighted by molar-refractivity contribution is 7.98. The van der Waals surface area contributed by atoms with Crippen LogP contribution in [0.5, 0.6) is 0 Å². The van der Waals surface area contributed by atoms with Crippen molar-refractivity contribution < 1.29 is 9.59 Å². The van der Waals surface area contributed by atoms with Crippen LogP contribution in [0, 0.1) is 0 Å². The molecule has 0 spiro atoms. The average Bonchev–Trinajstić information content (AvgIpc) is 3.55. The molecule has 0 bridgehead atoms. The molecule has 2 amide bonds. The molecule has 3 heterocycles. The molecule has 1 atom stereocenters. The van der Waals surface area contributed by atoms with Crippen LogP contribution in [0.15, 0.2) is 52.7 Å². The molecule has 166 valence electrons. The highest BCUT2D eigenvalue weighted by Crippen LogP contribution is 2.36. The summed E-state index contributed by atoms with van der Waals surface area (Å²) in [6.45, 7) is 2.16. The topological polar surface area (TPSA) is 67.2 Å². The second kappa shape index (κ2) is 8.41. The molecule has 0 unspecified atom stereocenters. The van der Waals surface area contributed by atoms with Gasteiger partial charge >= 0.3 is 0 Å². The van der Waals surface area contributed by atoms with E-state index in [1.165, 1.54) is 0 Å². The summed E-state index contributed by atoms with van der Waals surface area (Å²) in [6, 6.07) is 13.8.